The van der Waals surface area contributed by atoms with Gasteiger partial charge in [0.25, 0.3) is 5.91 Å². The third-order valence-electron chi connectivity index (χ3n) is 4.62. The molecule has 0 bridgehead atoms. The SMILES string of the molecule is COCCOc1ccc(C(=O)Nc2ccc(S(=O)(=O)NCC3CCCO3)cc2)cc1. The van der Waals surface area contributed by atoms with Crippen LogP contribution in [-0.4, -0.2) is 53.9 Å². The zero-order valence-corrected chi connectivity index (χ0v) is 17.6. The van der Waals surface area contributed by atoms with Crippen LogP contribution in [0.25, 0.3) is 0 Å². The second-order valence-electron chi connectivity index (χ2n) is 6.83. The first-order valence-corrected chi connectivity index (χ1v) is 11.2. The zero-order valence-electron chi connectivity index (χ0n) is 16.8. The van der Waals surface area contributed by atoms with Crippen molar-refractivity contribution in [3.63, 3.8) is 0 Å². The molecule has 0 radical (unpaired) electrons. The third kappa shape index (κ3) is 6.27. The summed E-state index contributed by atoms with van der Waals surface area (Å²) in [7, 11) is -2.03. The van der Waals surface area contributed by atoms with Gasteiger partial charge in [-0.25, -0.2) is 13.1 Å². The number of anilines is 1. The first kappa shape index (κ1) is 22.2. The van der Waals surface area contributed by atoms with E-state index in [2.05, 4.69) is 10.0 Å². The number of amides is 1. The monoisotopic (exact) mass is 434 g/mol. The number of ether oxygens (including phenoxy) is 3. The Kier molecular flexibility index (Phi) is 7.81. The van der Waals surface area contributed by atoms with E-state index in [4.69, 9.17) is 14.2 Å². The normalized spacial score (nSPS) is 16.4. The number of rotatable bonds is 10. The Balaban J connectivity index is 1.54. The molecule has 1 heterocycles. The predicted molar refractivity (Wildman–Crippen MR) is 112 cm³/mol. The van der Waals surface area contributed by atoms with Crippen molar-refractivity contribution >= 4 is 21.6 Å². The molecule has 1 aliphatic rings. The molecule has 2 aromatic carbocycles. The number of carbonyl (C=O) groups excluding carboxylic acids is 1. The Hall–Kier alpha value is -2.46. The van der Waals surface area contributed by atoms with Gasteiger partial charge in [-0.1, -0.05) is 0 Å². The highest BCUT2D eigenvalue weighted by atomic mass is 32.2. The predicted octanol–water partition coefficient (Wildman–Crippen LogP) is 2.42. The molecule has 162 valence electrons. The fraction of sp³-hybridized carbons (Fsp3) is 0.381. The largest absolute Gasteiger partial charge is 0.491 e. The maximum atomic E-state index is 12.4. The quantitative estimate of drug-likeness (QED) is 0.557. The molecule has 30 heavy (non-hydrogen) atoms. The molecule has 1 aliphatic heterocycles. The van der Waals surface area contributed by atoms with Crippen molar-refractivity contribution in [2.45, 2.75) is 23.8 Å². The number of methoxy groups -OCH3 is 1. The van der Waals surface area contributed by atoms with E-state index in [9.17, 15) is 13.2 Å². The molecule has 1 unspecified atom stereocenters. The maximum absolute atomic E-state index is 12.4. The minimum Gasteiger partial charge on any atom is -0.491 e. The summed E-state index contributed by atoms with van der Waals surface area (Å²) in [5, 5.41) is 2.75. The lowest BCUT2D eigenvalue weighted by atomic mass is 10.2. The van der Waals surface area contributed by atoms with E-state index in [1.165, 1.54) is 12.1 Å². The number of hydrogen-bond donors (Lipinski definition) is 2. The molecule has 9 heteroatoms. The lowest BCUT2D eigenvalue weighted by Crippen LogP contribution is -2.31. The highest BCUT2D eigenvalue weighted by Crippen LogP contribution is 2.18. The summed E-state index contributed by atoms with van der Waals surface area (Å²) in [6, 6.07) is 12.8. The lowest BCUT2D eigenvalue weighted by Gasteiger charge is -2.12. The van der Waals surface area contributed by atoms with Gasteiger partial charge in [0.1, 0.15) is 12.4 Å². The Bertz CT molecular complexity index is 923. The van der Waals surface area contributed by atoms with Crippen molar-refractivity contribution in [1.29, 1.82) is 0 Å². The Labute approximate surface area is 176 Å². The average molecular weight is 435 g/mol. The van der Waals surface area contributed by atoms with Crippen molar-refractivity contribution in [2.75, 3.05) is 38.8 Å². The van der Waals surface area contributed by atoms with Gasteiger partial charge >= 0.3 is 0 Å². The van der Waals surface area contributed by atoms with Gasteiger partial charge < -0.3 is 19.5 Å². The van der Waals surface area contributed by atoms with Crippen LogP contribution >= 0.6 is 0 Å². The maximum Gasteiger partial charge on any atom is 0.255 e. The fourth-order valence-corrected chi connectivity index (χ4v) is 4.02. The van der Waals surface area contributed by atoms with E-state index < -0.39 is 10.0 Å². The van der Waals surface area contributed by atoms with E-state index in [0.717, 1.165) is 12.8 Å². The molecule has 3 rings (SSSR count). The second-order valence-corrected chi connectivity index (χ2v) is 8.60. The van der Waals surface area contributed by atoms with Crippen LogP contribution in [0, 0.1) is 0 Å². The Morgan fingerprint density at radius 3 is 2.47 bits per heavy atom. The molecule has 1 atom stereocenters. The summed E-state index contributed by atoms with van der Waals surface area (Å²) in [5.41, 5.74) is 0.961. The van der Waals surface area contributed by atoms with E-state index in [1.807, 2.05) is 0 Å². The van der Waals surface area contributed by atoms with Crippen molar-refractivity contribution < 1.29 is 27.4 Å². The zero-order chi connectivity index (χ0) is 21.4. The van der Waals surface area contributed by atoms with Crippen LogP contribution in [0.2, 0.25) is 0 Å². The summed E-state index contributed by atoms with van der Waals surface area (Å²) in [5.74, 6) is 0.346. The molecular formula is C21H26N2O6S. The number of carbonyl (C=O) groups is 1. The molecular weight excluding hydrogens is 408 g/mol. The van der Waals surface area contributed by atoms with Gasteiger partial charge in [-0.3, -0.25) is 4.79 Å². The fourth-order valence-electron chi connectivity index (χ4n) is 2.96. The molecule has 1 amide bonds. The number of sulfonamides is 1. The van der Waals surface area contributed by atoms with Gasteiger partial charge in [-0.05, 0) is 61.4 Å². The summed E-state index contributed by atoms with van der Waals surface area (Å²) >= 11 is 0. The standard InChI is InChI=1S/C21H26N2O6S/c1-27-13-14-29-18-8-4-16(5-9-18)21(24)23-17-6-10-20(11-7-17)30(25,26)22-15-19-3-2-12-28-19/h4-11,19,22H,2-3,12-15H2,1H3,(H,23,24). The van der Waals surface area contributed by atoms with Crippen molar-refractivity contribution in [3.8, 4) is 5.75 Å². The first-order valence-electron chi connectivity index (χ1n) is 9.72. The molecule has 1 fully saturated rings. The Morgan fingerprint density at radius 2 is 1.83 bits per heavy atom. The Morgan fingerprint density at radius 1 is 1.10 bits per heavy atom. The van der Waals surface area contributed by atoms with E-state index in [1.54, 1.807) is 43.5 Å². The van der Waals surface area contributed by atoms with Crippen molar-refractivity contribution in [3.05, 3.63) is 54.1 Å². The van der Waals surface area contributed by atoms with E-state index in [0.29, 0.717) is 36.8 Å². The molecule has 8 nitrogen and oxygen atoms in total. The van der Waals surface area contributed by atoms with Crippen LogP contribution in [-0.2, 0) is 19.5 Å². The topological polar surface area (TPSA) is 103 Å². The van der Waals surface area contributed by atoms with Crippen molar-refractivity contribution in [1.82, 2.24) is 4.72 Å². The molecule has 2 aromatic rings. The molecule has 2 N–H and O–H groups in total. The summed E-state index contributed by atoms with van der Waals surface area (Å²) in [6.07, 6.45) is 1.73. The van der Waals surface area contributed by atoms with Gasteiger partial charge in [-0.15, -0.1) is 0 Å². The van der Waals surface area contributed by atoms with E-state index >= 15 is 0 Å². The van der Waals surface area contributed by atoms with Crippen LogP contribution in [0.15, 0.2) is 53.4 Å². The first-order chi connectivity index (χ1) is 14.5. The molecule has 0 spiro atoms. The molecule has 0 saturated carbocycles. The molecule has 0 aromatic heterocycles. The highest BCUT2D eigenvalue weighted by Gasteiger charge is 2.20. The van der Waals surface area contributed by atoms with Crippen LogP contribution in [0.5, 0.6) is 5.75 Å². The van der Waals surface area contributed by atoms with Crippen LogP contribution in [0.3, 0.4) is 0 Å². The lowest BCUT2D eigenvalue weighted by molar-refractivity contribution is 0.102. The molecule has 0 aliphatic carbocycles. The van der Waals surface area contributed by atoms with Gasteiger partial charge in [-0.2, -0.15) is 0 Å². The van der Waals surface area contributed by atoms with Gasteiger partial charge in [0.2, 0.25) is 10.0 Å². The number of nitrogens with one attached hydrogen (secondary N) is 2. The van der Waals surface area contributed by atoms with Gasteiger partial charge in [0.05, 0.1) is 17.6 Å². The smallest absolute Gasteiger partial charge is 0.255 e. The minimum absolute atomic E-state index is 0.0740. The minimum atomic E-state index is -3.63. The van der Waals surface area contributed by atoms with Crippen molar-refractivity contribution in [2.24, 2.45) is 0 Å². The third-order valence-corrected chi connectivity index (χ3v) is 6.06. The van der Waals surface area contributed by atoms with Gasteiger partial charge in [0, 0.05) is 31.5 Å². The van der Waals surface area contributed by atoms with Crippen LogP contribution in [0.4, 0.5) is 5.69 Å². The second kappa shape index (κ2) is 10.5. The summed E-state index contributed by atoms with van der Waals surface area (Å²) < 4.78 is 43.2. The highest BCUT2D eigenvalue weighted by molar-refractivity contribution is 7.89. The van der Waals surface area contributed by atoms with Crippen LogP contribution in [0.1, 0.15) is 23.2 Å². The van der Waals surface area contributed by atoms with Crippen LogP contribution < -0.4 is 14.8 Å². The summed E-state index contributed by atoms with van der Waals surface area (Å²) in [4.78, 5) is 12.5. The number of benzene rings is 2. The van der Waals surface area contributed by atoms with Gasteiger partial charge in [0.15, 0.2) is 0 Å². The molecule has 1 saturated heterocycles. The average Bonchev–Trinajstić information content (AvgIpc) is 3.27. The summed E-state index contributed by atoms with van der Waals surface area (Å²) in [6.45, 7) is 1.84. The van der Waals surface area contributed by atoms with E-state index in [-0.39, 0.29) is 23.5 Å². The number of hydrogen-bond acceptors (Lipinski definition) is 6.